The van der Waals surface area contributed by atoms with Crippen molar-refractivity contribution in [1.29, 1.82) is 0 Å². The van der Waals surface area contributed by atoms with Gasteiger partial charge in [0.25, 0.3) is 0 Å². The van der Waals surface area contributed by atoms with Crippen molar-refractivity contribution in [2.75, 3.05) is 13.6 Å². The molecule has 0 aliphatic rings. The van der Waals surface area contributed by atoms with Gasteiger partial charge in [-0.2, -0.15) is 0 Å². The first-order chi connectivity index (χ1) is 7.92. The van der Waals surface area contributed by atoms with E-state index in [4.69, 9.17) is 5.73 Å². The lowest BCUT2D eigenvalue weighted by molar-refractivity contribution is -0.120. The molecule has 0 saturated heterocycles. The number of nitrogens with one attached hydrogen (secondary N) is 1. The van der Waals surface area contributed by atoms with Crippen LogP contribution in [0, 0.1) is 0 Å². The molecule has 0 radical (unpaired) electrons. The second-order valence-corrected chi connectivity index (χ2v) is 5.02. The third kappa shape index (κ3) is 6.64. The molecule has 0 aromatic carbocycles. The van der Waals surface area contributed by atoms with Crippen LogP contribution in [0.1, 0.15) is 47.0 Å². The van der Waals surface area contributed by atoms with Crippen LogP contribution in [0.4, 0.5) is 0 Å². The fourth-order valence-electron chi connectivity index (χ4n) is 2.14. The minimum Gasteiger partial charge on any atom is -0.368 e. The summed E-state index contributed by atoms with van der Waals surface area (Å²) in [6, 6.07) is 0.667. The fourth-order valence-corrected chi connectivity index (χ4v) is 2.14. The van der Waals surface area contributed by atoms with E-state index in [0.29, 0.717) is 6.04 Å². The van der Waals surface area contributed by atoms with Gasteiger partial charge in [0.1, 0.15) is 0 Å². The Hall–Kier alpha value is -0.610. The summed E-state index contributed by atoms with van der Waals surface area (Å²) in [6.07, 6.45) is 3.07. The summed E-state index contributed by atoms with van der Waals surface area (Å²) < 4.78 is 0. The van der Waals surface area contributed by atoms with E-state index >= 15 is 0 Å². The molecule has 0 spiro atoms. The summed E-state index contributed by atoms with van der Waals surface area (Å²) in [5.41, 5.74) is 5.39. The van der Waals surface area contributed by atoms with Gasteiger partial charge >= 0.3 is 0 Å². The van der Waals surface area contributed by atoms with Crippen LogP contribution < -0.4 is 11.1 Å². The van der Waals surface area contributed by atoms with Crippen LogP contribution in [0.15, 0.2) is 0 Å². The summed E-state index contributed by atoms with van der Waals surface area (Å²) in [6.45, 7) is 9.35. The molecule has 0 aromatic heterocycles. The highest BCUT2D eigenvalue weighted by Gasteiger charge is 2.18. The Morgan fingerprint density at radius 2 is 1.82 bits per heavy atom. The monoisotopic (exact) mass is 243 g/mol. The van der Waals surface area contributed by atoms with Crippen LogP contribution in [-0.4, -0.2) is 42.5 Å². The van der Waals surface area contributed by atoms with Crippen LogP contribution in [0.5, 0.6) is 0 Å². The first-order valence-corrected chi connectivity index (χ1v) is 6.67. The zero-order chi connectivity index (χ0) is 13.4. The van der Waals surface area contributed by atoms with Gasteiger partial charge in [0.2, 0.25) is 5.91 Å². The van der Waals surface area contributed by atoms with Crippen molar-refractivity contribution >= 4 is 5.91 Å². The summed E-state index contributed by atoms with van der Waals surface area (Å²) in [5.74, 6) is -0.253. The second-order valence-electron chi connectivity index (χ2n) is 5.02. The Balaban J connectivity index is 4.16. The highest BCUT2D eigenvalue weighted by Crippen LogP contribution is 2.07. The first kappa shape index (κ1) is 16.4. The minimum atomic E-state index is -0.253. The number of nitrogens with two attached hydrogens (primary N) is 1. The van der Waals surface area contributed by atoms with Crippen LogP contribution in [0.25, 0.3) is 0 Å². The SMILES string of the molecule is CCC(CC)N(C)CCC(NC(C)C)C(N)=O. The molecular weight excluding hydrogens is 214 g/mol. The third-order valence-electron chi connectivity index (χ3n) is 3.21. The van der Waals surface area contributed by atoms with Gasteiger partial charge in [-0.25, -0.2) is 0 Å². The fraction of sp³-hybridized carbons (Fsp3) is 0.923. The topological polar surface area (TPSA) is 58.4 Å². The first-order valence-electron chi connectivity index (χ1n) is 6.67. The molecule has 0 aromatic rings. The predicted octanol–water partition coefficient (Wildman–Crippen LogP) is 1.35. The van der Waals surface area contributed by atoms with E-state index in [9.17, 15) is 4.79 Å². The summed E-state index contributed by atoms with van der Waals surface area (Å²) in [7, 11) is 2.12. The molecule has 3 N–H and O–H groups in total. The lowest BCUT2D eigenvalue weighted by Crippen LogP contribution is -2.46. The van der Waals surface area contributed by atoms with Gasteiger partial charge in [0.05, 0.1) is 6.04 Å². The molecule has 0 aliphatic heterocycles. The molecule has 0 heterocycles. The highest BCUT2D eigenvalue weighted by molar-refractivity contribution is 5.79. The number of nitrogens with zero attached hydrogens (tertiary/aromatic N) is 1. The van der Waals surface area contributed by atoms with Crippen molar-refractivity contribution in [2.45, 2.75) is 65.1 Å². The molecule has 0 aliphatic carbocycles. The molecular formula is C13H29N3O. The lowest BCUT2D eigenvalue weighted by atomic mass is 10.1. The van der Waals surface area contributed by atoms with Gasteiger partial charge in [0.15, 0.2) is 0 Å². The van der Waals surface area contributed by atoms with Gasteiger partial charge < -0.3 is 16.0 Å². The Morgan fingerprint density at radius 1 is 1.29 bits per heavy atom. The van der Waals surface area contributed by atoms with E-state index in [1.807, 2.05) is 13.8 Å². The Bertz CT molecular complexity index is 215. The van der Waals surface area contributed by atoms with Crippen LogP contribution in [0.2, 0.25) is 0 Å². The number of hydrogen-bond acceptors (Lipinski definition) is 3. The Labute approximate surface area is 106 Å². The van der Waals surface area contributed by atoms with Crippen molar-refractivity contribution in [1.82, 2.24) is 10.2 Å². The molecule has 1 unspecified atom stereocenters. The van der Waals surface area contributed by atoms with Gasteiger partial charge in [0, 0.05) is 18.6 Å². The summed E-state index contributed by atoms with van der Waals surface area (Å²) in [4.78, 5) is 13.6. The van der Waals surface area contributed by atoms with Crippen LogP contribution in [-0.2, 0) is 4.79 Å². The minimum absolute atomic E-state index is 0.216. The standard InChI is InChI=1S/C13H29N3O/c1-6-11(7-2)16(5)9-8-12(13(14)17)15-10(3)4/h10-12,15H,6-9H2,1-5H3,(H2,14,17). The average Bonchev–Trinajstić information content (AvgIpc) is 2.25. The third-order valence-corrected chi connectivity index (χ3v) is 3.21. The maximum Gasteiger partial charge on any atom is 0.234 e. The molecule has 0 rings (SSSR count). The number of rotatable bonds is 9. The van der Waals surface area contributed by atoms with Crippen molar-refractivity contribution in [3.63, 3.8) is 0 Å². The molecule has 17 heavy (non-hydrogen) atoms. The Morgan fingerprint density at radius 3 is 2.18 bits per heavy atom. The zero-order valence-corrected chi connectivity index (χ0v) is 12.0. The van der Waals surface area contributed by atoms with Crippen molar-refractivity contribution in [3.05, 3.63) is 0 Å². The zero-order valence-electron chi connectivity index (χ0n) is 12.0. The number of primary amides is 1. The largest absolute Gasteiger partial charge is 0.368 e. The van der Waals surface area contributed by atoms with Gasteiger partial charge in [-0.3, -0.25) is 4.79 Å². The molecule has 102 valence electrons. The van der Waals surface area contributed by atoms with E-state index in [0.717, 1.165) is 25.8 Å². The van der Waals surface area contributed by atoms with E-state index in [2.05, 4.69) is 31.1 Å². The number of carbonyl (C=O) groups excluding carboxylic acids is 1. The summed E-state index contributed by atoms with van der Waals surface area (Å²) >= 11 is 0. The number of hydrogen-bond donors (Lipinski definition) is 2. The quantitative estimate of drug-likeness (QED) is 0.642. The van der Waals surface area contributed by atoms with Crippen molar-refractivity contribution < 1.29 is 4.79 Å². The maximum absolute atomic E-state index is 11.3. The molecule has 0 bridgehead atoms. The highest BCUT2D eigenvalue weighted by atomic mass is 16.1. The molecule has 4 heteroatoms. The van der Waals surface area contributed by atoms with Crippen LogP contribution in [0.3, 0.4) is 0 Å². The van der Waals surface area contributed by atoms with Crippen molar-refractivity contribution in [2.24, 2.45) is 5.73 Å². The van der Waals surface area contributed by atoms with E-state index < -0.39 is 0 Å². The molecule has 1 amide bonds. The Kier molecular flexibility index (Phi) is 8.17. The predicted molar refractivity (Wildman–Crippen MR) is 72.9 cm³/mol. The number of amides is 1. The van der Waals surface area contributed by atoms with Crippen molar-refractivity contribution in [3.8, 4) is 0 Å². The lowest BCUT2D eigenvalue weighted by Gasteiger charge is -2.28. The molecule has 4 nitrogen and oxygen atoms in total. The van der Waals surface area contributed by atoms with Gasteiger partial charge in [-0.15, -0.1) is 0 Å². The normalized spacial score (nSPS) is 13.6. The number of carbonyl (C=O) groups is 1. The summed E-state index contributed by atoms with van der Waals surface area (Å²) in [5, 5.41) is 3.21. The smallest absolute Gasteiger partial charge is 0.234 e. The van der Waals surface area contributed by atoms with E-state index in [1.165, 1.54) is 0 Å². The molecule has 1 atom stereocenters. The molecule has 0 saturated carbocycles. The van der Waals surface area contributed by atoms with Crippen LogP contribution >= 0.6 is 0 Å². The average molecular weight is 243 g/mol. The van der Waals surface area contributed by atoms with E-state index in [1.54, 1.807) is 0 Å². The second kappa shape index (κ2) is 8.48. The van der Waals surface area contributed by atoms with Gasteiger partial charge in [-0.05, 0) is 26.3 Å². The van der Waals surface area contributed by atoms with E-state index in [-0.39, 0.29) is 18.0 Å². The molecule has 0 fully saturated rings. The van der Waals surface area contributed by atoms with Gasteiger partial charge in [-0.1, -0.05) is 27.7 Å². The maximum atomic E-state index is 11.3.